The molecule has 36 heavy (non-hydrogen) atoms. The lowest BCUT2D eigenvalue weighted by atomic mass is 10.0. The Balaban J connectivity index is 1.41. The van der Waals surface area contributed by atoms with E-state index in [4.69, 9.17) is 4.42 Å². The summed E-state index contributed by atoms with van der Waals surface area (Å²) in [5.74, 6) is -2.51. The molecule has 5 rings (SSSR count). The molecule has 0 aliphatic carbocycles. The molecule has 8 nitrogen and oxygen atoms in total. The quantitative estimate of drug-likeness (QED) is 0.322. The van der Waals surface area contributed by atoms with Crippen LogP contribution in [0, 0.1) is 0 Å². The Morgan fingerprint density at radius 3 is 2.31 bits per heavy atom. The van der Waals surface area contributed by atoms with E-state index in [1.165, 1.54) is 23.1 Å². The Kier molecular flexibility index (Phi) is 5.91. The minimum absolute atomic E-state index is 0.132. The van der Waals surface area contributed by atoms with Crippen molar-refractivity contribution in [3.8, 4) is 11.3 Å². The predicted molar refractivity (Wildman–Crippen MR) is 134 cm³/mol. The Morgan fingerprint density at radius 2 is 1.58 bits per heavy atom. The van der Waals surface area contributed by atoms with Crippen molar-refractivity contribution in [1.82, 2.24) is 4.90 Å². The third-order valence-corrected chi connectivity index (χ3v) is 6.60. The zero-order valence-corrected chi connectivity index (χ0v) is 19.3. The van der Waals surface area contributed by atoms with E-state index >= 15 is 0 Å². The van der Waals surface area contributed by atoms with Crippen LogP contribution in [0.2, 0.25) is 0 Å². The molecule has 3 aromatic carbocycles. The maximum Gasteiger partial charge on any atom is 0.335 e. The van der Waals surface area contributed by atoms with Gasteiger partial charge in [-0.25, -0.2) is 9.59 Å². The summed E-state index contributed by atoms with van der Waals surface area (Å²) < 4.78 is 5.74. The van der Waals surface area contributed by atoms with Gasteiger partial charge >= 0.3 is 11.9 Å². The summed E-state index contributed by atoms with van der Waals surface area (Å²) in [4.78, 5) is 49.8. The van der Waals surface area contributed by atoms with Gasteiger partial charge in [0, 0.05) is 11.6 Å². The smallest absolute Gasteiger partial charge is 0.335 e. The highest BCUT2D eigenvalue weighted by Crippen LogP contribution is 2.35. The summed E-state index contributed by atoms with van der Waals surface area (Å²) in [5, 5.41) is 20.2. The van der Waals surface area contributed by atoms with Gasteiger partial charge in [-0.15, -0.1) is 0 Å². The van der Waals surface area contributed by atoms with Crippen LogP contribution in [0.4, 0.5) is 4.79 Å². The van der Waals surface area contributed by atoms with Gasteiger partial charge in [0.1, 0.15) is 11.5 Å². The summed E-state index contributed by atoms with van der Waals surface area (Å²) >= 11 is 0.802. The van der Waals surface area contributed by atoms with Crippen molar-refractivity contribution in [2.24, 2.45) is 0 Å². The number of carboxylic acids is 2. The first-order valence-electron chi connectivity index (χ1n) is 10.7. The maximum atomic E-state index is 13.0. The first-order chi connectivity index (χ1) is 17.3. The van der Waals surface area contributed by atoms with Crippen LogP contribution in [0.5, 0.6) is 0 Å². The number of imide groups is 1. The number of carbonyl (C=O) groups excluding carboxylic acids is 2. The number of hydrogen-bond acceptors (Lipinski definition) is 6. The van der Waals surface area contributed by atoms with Crippen molar-refractivity contribution >= 4 is 51.7 Å². The van der Waals surface area contributed by atoms with Crippen molar-refractivity contribution < 1.29 is 33.8 Å². The van der Waals surface area contributed by atoms with Crippen LogP contribution in [0.15, 0.2) is 82.1 Å². The average molecular weight is 500 g/mol. The van der Waals surface area contributed by atoms with Crippen LogP contribution < -0.4 is 0 Å². The summed E-state index contributed by atoms with van der Waals surface area (Å²) in [6.07, 6.45) is 1.44. The lowest BCUT2D eigenvalue weighted by molar-refractivity contribution is -0.123. The Hall–Kier alpha value is -4.63. The molecule has 0 unspecified atom stereocenters. The molecular formula is C27H17NO7S. The third kappa shape index (κ3) is 4.39. The number of fused-ring (bicyclic) bond motifs is 1. The number of hydrogen-bond donors (Lipinski definition) is 2. The highest BCUT2D eigenvalue weighted by Gasteiger charge is 2.35. The van der Waals surface area contributed by atoms with Gasteiger partial charge in [-0.05, 0) is 58.4 Å². The normalized spacial score (nSPS) is 14.7. The number of furan rings is 1. The molecule has 2 N–H and O–H groups in total. The fourth-order valence-corrected chi connectivity index (χ4v) is 4.79. The van der Waals surface area contributed by atoms with Gasteiger partial charge < -0.3 is 14.6 Å². The van der Waals surface area contributed by atoms with Gasteiger partial charge in [-0.3, -0.25) is 14.5 Å². The Morgan fingerprint density at radius 1 is 0.889 bits per heavy atom. The topological polar surface area (TPSA) is 125 Å². The standard InChI is InChI=1S/C27H17NO7S/c29-24-23(36-27(34)28(24)14-16-6-3-5-15-4-1-2-7-21(15)16)13-20-8-9-22(35-20)17-10-18(25(30)31)12-19(11-17)26(32)33/h1-13H,14H2,(H,30,31)(H,32,33)/b23-13-. The number of thioether (sulfide) groups is 1. The molecule has 0 saturated carbocycles. The second-order valence-electron chi connectivity index (χ2n) is 8.02. The molecule has 1 aliphatic heterocycles. The van der Waals surface area contributed by atoms with Crippen LogP contribution in [0.1, 0.15) is 32.0 Å². The van der Waals surface area contributed by atoms with Crippen LogP contribution in [0.3, 0.4) is 0 Å². The lowest BCUT2D eigenvalue weighted by Gasteiger charge is -2.14. The monoisotopic (exact) mass is 499 g/mol. The van der Waals surface area contributed by atoms with E-state index in [1.54, 1.807) is 12.1 Å². The molecule has 1 fully saturated rings. The summed E-state index contributed by atoms with van der Waals surface area (Å²) in [5.41, 5.74) is 0.718. The van der Waals surface area contributed by atoms with Crippen LogP contribution in [0.25, 0.3) is 28.2 Å². The van der Waals surface area contributed by atoms with Crippen LogP contribution in [-0.2, 0) is 11.3 Å². The highest BCUT2D eigenvalue weighted by molar-refractivity contribution is 8.18. The number of rotatable bonds is 6. The van der Waals surface area contributed by atoms with Gasteiger partial charge in [-0.2, -0.15) is 0 Å². The second-order valence-corrected chi connectivity index (χ2v) is 9.01. The van der Waals surface area contributed by atoms with Gasteiger partial charge in [0.2, 0.25) is 0 Å². The van der Waals surface area contributed by atoms with Crippen LogP contribution in [-0.4, -0.2) is 38.2 Å². The number of carbonyl (C=O) groups is 4. The fourth-order valence-electron chi connectivity index (χ4n) is 3.97. The second kappa shape index (κ2) is 9.20. The van der Waals surface area contributed by atoms with Crippen molar-refractivity contribution in [2.45, 2.75) is 6.54 Å². The van der Waals surface area contributed by atoms with Gasteiger partial charge in [0.05, 0.1) is 22.6 Å². The van der Waals surface area contributed by atoms with Crippen LogP contribution >= 0.6 is 11.8 Å². The molecule has 2 heterocycles. The van der Waals surface area contributed by atoms with Crippen molar-refractivity contribution in [2.75, 3.05) is 0 Å². The molecule has 4 aromatic rings. The number of carboxylic acid groups (broad SMARTS) is 2. The molecule has 0 radical (unpaired) electrons. The molecule has 0 atom stereocenters. The maximum absolute atomic E-state index is 13.0. The van der Waals surface area contributed by atoms with Gasteiger partial charge in [0.15, 0.2) is 0 Å². The first kappa shape index (κ1) is 23.1. The number of nitrogens with zero attached hydrogens (tertiary/aromatic N) is 1. The molecule has 178 valence electrons. The van der Waals surface area contributed by atoms with E-state index < -0.39 is 23.1 Å². The summed E-state index contributed by atoms with van der Waals surface area (Å²) in [6, 6.07) is 20.2. The summed E-state index contributed by atoms with van der Waals surface area (Å²) in [7, 11) is 0. The van der Waals surface area contributed by atoms with Gasteiger partial charge in [-0.1, -0.05) is 42.5 Å². The Bertz CT molecular complexity index is 1560. The number of aromatic carboxylic acids is 2. The van der Waals surface area contributed by atoms with Crippen molar-refractivity contribution in [1.29, 1.82) is 0 Å². The SMILES string of the molecule is O=C(O)c1cc(C(=O)O)cc(-c2ccc(/C=C3\SC(=O)N(Cc4cccc5ccccc45)C3=O)o2)c1. The van der Waals surface area contributed by atoms with E-state index in [-0.39, 0.29) is 39.7 Å². The summed E-state index contributed by atoms with van der Waals surface area (Å²) in [6.45, 7) is 0.132. The molecule has 9 heteroatoms. The van der Waals surface area contributed by atoms with Gasteiger partial charge in [0.25, 0.3) is 11.1 Å². The van der Waals surface area contributed by atoms with E-state index in [0.29, 0.717) is 0 Å². The van der Waals surface area contributed by atoms with Crippen molar-refractivity contribution in [3.05, 3.63) is 100 Å². The van der Waals surface area contributed by atoms with Crippen molar-refractivity contribution in [3.63, 3.8) is 0 Å². The predicted octanol–water partition coefficient (Wildman–Crippen LogP) is 5.73. The molecule has 2 amide bonds. The average Bonchev–Trinajstić information content (AvgIpc) is 3.44. The lowest BCUT2D eigenvalue weighted by Crippen LogP contribution is -2.27. The molecular weight excluding hydrogens is 482 g/mol. The highest BCUT2D eigenvalue weighted by atomic mass is 32.2. The third-order valence-electron chi connectivity index (χ3n) is 5.69. The zero-order chi connectivity index (χ0) is 25.4. The Labute approximate surface area is 208 Å². The fraction of sp³-hybridized carbons (Fsp3) is 0.0370. The molecule has 0 bridgehead atoms. The minimum Gasteiger partial charge on any atom is -0.478 e. The molecule has 1 aliphatic rings. The van der Waals surface area contributed by atoms with E-state index in [9.17, 15) is 29.4 Å². The number of benzene rings is 3. The molecule has 1 saturated heterocycles. The van der Waals surface area contributed by atoms with E-state index in [2.05, 4.69) is 0 Å². The first-order valence-corrected chi connectivity index (χ1v) is 11.6. The molecule has 1 aromatic heterocycles. The number of amides is 2. The van der Waals surface area contributed by atoms with E-state index in [0.717, 1.165) is 34.2 Å². The minimum atomic E-state index is -1.27. The largest absolute Gasteiger partial charge is 0.478 e. The molecule has 0 spiro atoms. The zero-order valence-electron chi connectivity index (χ0n) is 18.5. The van der Waals surface area contributed by atoms with E-state index in [1.807, 2.05) is 42.5 Å².